The number of hydrogen-bond donors (Lipinski definition) is 1. The van der Waals surface area contributed by atoms with Crippen molar-refractivity contribution in [3.63, 3.8) is 0 Å². The highest BCUT2D eigenvalue weighted by Gasteiger charge is 2.39. The van der Waals surface area contributed by atoms with Crippen LogP contribution in [0.3, 0.4) is 0 Å². The van der Waals surface area contributed by atoms with Crippen molar-refractivity contribution in [2.24, 2.45) is 11.7 Å². The summed E-state index contributed by atoms with van der Waals surface area (Å²) in [7, 11) is 0. The van der Waals surface area contributed by atoms with Crippen LogP contribution in [-0.4, -0.2) is 36.5 Å². The first-order valence-electron chi connectivity index (χ1n) is 6.96. The maximum Gasteiger partial charge on any atom is 0.236 e. The zero-order valence-corrected chi connectivity index (χ0v) is 12.2. The van der Waals surface area contributed by atoms with Crippen LogP contribution >= 0.6 is 12.4 Å². The molecule has 2 N–H and O–H groups in total. The zero-order chi connectivity index (χ0) is 13.2. The minimum atomic E-state index is -0.0175. The minimum Gasteiger partial charge on any atom is -0.366 e. The van der Waals surface area contributed by atoms with Gasteiger partial charge in [0.1, 0.15) is 6.10 Å². The fourth-order valence-electron chi connectivity index (χ4n) is 2.70. The maximum absolute atomic E-state index is 11.9. The van der Waals surface area contributed by atoms with Crippen molar-refractivity contribution < 1.29 is 9.53 Å². The van der Waals surface area contributed by atoms with Gasteiger partial charge >= 0.3 is 0 Å². The lowest BCUT2D eigenvalue weighted by Gasteiger charge is -2.38. The molecule has 2 atom stereocenters. The number of amides is 1. The minimum absolute atomic E-state index is 0. The van der Waals surface area contributed by atoms with Crippen LogP contribution in [0.4, 0.5) is 0 Å². The summed E-state index contributed by atoms with van der Waals surface area (Å²) in [4.78, 5) is 13.7. The maximum atomic E-state index is 11.9. The molecule has 110 valence electrons. The van der Waals surface area contributed by atoms with Gasteiger partial charge in [0.25, 0.3) is 0 Å². The van der Waals surface area contributed by atoms with Crippen molar-refractivity contribution in [1.29, 1.82) is 0 Å². The molecule has 1 aromatic rings. The Hall–Kier alpha value is -1.10. The number of halogens is 1. The molecule has 5 heteroatoms. The number of ether oxygens (including phenoxy) is 1. The topological polar surface area (TPSA) is 55.6 Å². The van der Waals surface area contributed by atoms with E-state index in [4.69, 9.17) is 10.5 Å². The number of carbonyl (C=O) groups excluding carboxylic acids is 1. The highest BCUT2D eigenvalue weighted by atomic mass is 35.5. The molecule has 2 aliphatic rings. The Morgan fingerprint density at radius 1 is 1.25 bits per heavy atom. The molecule has 1 aliphatic carbocycles. The summed E-state index contributed by atoms with van der Waals surface area (Å²) < 4.78 is 6.19. The normalized spacial score (nSPS) is 25.9. The number of nitrogens with two attached hydrogens (primary N) is 1. The first-order valence-corrected chi connectivity index (χ1v) is 6.96. The fraction of sp³-hybridized carbons (Fsp3) is 0.533. The van der Waals surface area contributed by atoms with Crippen molar-refractivity contribution in [3.05, 3.63) is 35.9 Å². The zero-order valence-electron chi connectivity index (χ0n) is 11.4. The van der Waals surface area contributed by atoms with E-state index >= 15 is 0 Å². The van der Waals surface area contributed by atoms with Crippen LogP contribution in [0.1, 0.15) is 24.5 Å². The number of hydrogen-bond acceptors (Lipinski definition) is 3. The Balaban J connectivity index is 0.00000147. The molecule has 1 amide bonds. The predicted molar refractivity (Wildman–Crippen MR) is 79.7 cm³/mol. The van der Waals surface area contributed by atoms with E-state index in [0.717, 1.165) is 5.56 Å². The highest BCUT2D eigenvalue weighted by Crippen LogP contribution is 2.39. The Kier molecular flexibility index (Phi) is 5.02. The fourth-order valence-corrected chi connectivity index (χ4v) is 2.70. The van der Waals surface area contributed by atoms with Crippen LogP contribution in [0.5, 0.6) is 0 Å². The lowest BCUT2D eigenvalue weighted by Crippen LogP contribution is -2.49. The van der Waals surface area contributed by atoms with E-state index in [9.17, 15) is 4.79 Å². The predicted octanol–water partition coefficient (Wildman–Crippen LogP) is 1.75. The van der Waals surface area contributed by atoms with E-state index in [2.05, 4.69) is 12.1 Å². The average Bonchev–Trinajstić information content (AvgIpc) is 3.31. The molecule has 1 saturated heterocycles. The number of rotatable bonds is 3. The van der Waals surface area contributed by atoms with Crippen LogP contribution in [0.2, 0.25) is 0 Å². The molecule has 1 heterocycles. The van der Waals surface area contributed by atoms with Gasteiger partial charge in [-0.15, -0.1) is 12.4 Å². The van der Waals surface area contributed by atoms with Gasteiger partial charge in [0.05, 0.1) is 19.2 Å². The molecule has 4 nitrogen and oxygen atoms in total. The SMILES string of the molecule is Cl.NCC(=O)N1C[C@@H](c2ccccc2)O[C@@H](C2CC2)C1. The molecule has 0 radical (unpaired) electrons. The summed E-state index contributed by atoms with van der Waals surface area (Å²) in [5.74, 6) is 0.648. The summed E-state index contributed by atoms with van der Waals surface area (Å²) in [5, 5.41) is 0. The Morgan fingerprint density at radius 2 is 1.95 bits per heavy atom. The molecule has 0 bridgehead atoms. The van der Waals surface area contributed by atoms with E-state index in [0.29, 0.717) is 19.0 Å². The van der Waals surface area contributed by atoms with Crippen LogP contribution in [-0.2, 0) is 9.53 Å². The van der Waals surface area contributed by atoms with Crippen molar-refractivity contribution in [1.82, 2.24) is 4.90 Å². The van der Waals surface area contributed by atoms with Gasteiger partial charge in [-0.05, 0) is 24.3 Å². The molecule has 1 aromatic carbocycles. The number of nitrogens with zero attached hydrogens (tertiary/aromatic N) is 1. The van der Waals surface area contributed by atoms with Crippen LogP contribution in [0, 0.1) is 5.92 Å². The summed E-state index contributed by atoms with van der Waals surface area (Å²) in [5.41, 5.74) is 6.63. The molecule has 2 fully saturated rings. The van der Waals surface area contributed by atoms with Crippen molar-refractivity contribution >= 4 is 18.3 Å². The molecular weight excluding hydrogens is 276 g/mol. The molecule has 20 heavy (non-hydrogen) atoms. The molecule has 0 spiro atoms. The summed E-state index contributed by atoms with van der Waals surface area (Å²) in [6.45, 7) is 1.40. The standard InChI is InChI=1S/C15H20N2O2.ClH/c16-8-15(18)17-9-13(11-4-2-1-3-5-11)19-14(10-17)12-6-7-12;/h1-5,12-14H,6-10,16H2;1H/t13-,14+;/m0./s1. The molecular formula is C15H21ClN2O2. The molecule has 1 saturated carbocycles. The lowest BCUT2D eigenvalue weighted by molar-refractivity contribution is -0.146. The molecule has 3 rings (SSSR count). The van der Waals surface area contributed by atoms with Crippen molar-refractivity contribution in [2.75, 3.05) is 19.6 Å². The van der Waals surface area contributed by atoms with E-state index in [1.807, 2.05) is 23.1 Å². The van der Waals surface area contributed by atoms with Gasteiger partial charge in [-0.1, -0.05) is 30.3 Å². The summed E-state index contributed by atoms with van der Waals surface area (Å²) >= 11 is 0. The van der Waals surface area contributed by atoms with E-state index in [-0.39, 0.29) is 37.1 Å². The third kappa shape index (κ3) is 3.32. The van der Waals surface area contributed by atoms with Gasteiger partial charge in [-0.25, -0.2) is 0 Å². The monoisotopic (exact) mass is 296 g/mol. The first-order chi connectivity index (χ1) is 9.28. The van der Waals surface area contributed by atoms with Crippen LogP contribution < -0.4 is 5.73 Å². The van der Waals surface area contributed by atoms with Crippen LogP contribution in [0.25, 0.3) is 0 Å². The summed E-state index contributed by atoms with van der Waals surface area (Å²) in [6.07, 6.45) is 2.60. The van der Waals surface area contributed by atoms with Gasteiger partial charge in [0, 0.05) is 6.54 Å². The lowest BCUT2D eigenvalue weighted by atomic mass is 10.0. The first kappa shape index (κ1) is 15.3. The Labute approximate surface area is 125 Å². The van der Waals surface area contributed by atoms with E-state index in [1.165, 1.54) is 12.8 Å². The Bertz CT molecular complexity index is 450. The van der Waals surface area contributed by atoms with Gasteiger partial charge in [0.15, 0.2) is 0 Å². The highest BCUT2D eigenvalue weighted by molar-refractivity contribution is 5.85. The second-order valence-corrected chi connectivity index (χ2v) is 5.41. The Morgan fingerprint density at radius 3 is 2.55 bits per heavy atom. The number of benzene rings is 1. The number of morpholine rings is 1. The van der Waals surface area contributed by atoms with Crippen molar-refractivity contribution in [2.45, 2.75) is 25.0 Å². The average molecular weight is 297 g/mol. The number of carbonyl (C=O) groups is 1. The van der Waals surface area contributed by atoms with Gasteiger partial charge in [-0.3, -0.25) is 4.79 Å². The van der Waals surface area contributed by atoms with Gasteiger partial charge in [0.2, 0.25) is 5.91 Å². The summed E-state index contributed by atoms with van der Waals surface area (Å²) in [6, 6.07) is 10.1. The smallest absolute Gasteiger partial charge is 0.236 e. The van der Waals surface area contributed by atoms with Crippen LogP contribution in [0.15, 0.2) is 30.3 Å². The largest absolute Gasteiger partial charge is 0.366 e. The molecule has 0 unspecified atom stereocenters. The third-order valence-corrected chi connectivity index (χ3v) is 3.97. The van der Waals surface area contributed by atoms with E-state index in [1.54, 1.807) is 0 Å². The quantitative estimate of drug-likeness (QED) is 0.924. The second-order valence-electron chi connectivity index (χ2n) is 5.41. The molecule has 1 aliphatic heterocycles. The third-order valence-electron chi connectivity index (χ3n) is 3.97. The van der Waals surface area contributed by atoms with Gasteiger partial charge in [-0.2, -0.15) is 0 Å². The van der Waals surface area contributed by atoms with Gasteiger partial charge < -0.3 is 15.4 Å². The van der Waals surface area contributed by atoms with Crippen molar-refractivity contribution in [3.8, 4) is 0 Å². The van der Waals surface area contributed by atoms with E-state index < -0.39 is 0 Å². The second kappa shape index (κ2) is 6.57. The molecule has 0 aromatic heterocycles.